The van der Waals surface area contributed by atoms with Gasteiger partial charge in [-0.15, -0.1) is 0 Å². The van der Waals surface area contributed by atoms with Crippen LogP contribution in [0.3, 0.4) is 0 Å². The third kappa shape index (κ3) is 3.27. The number of hydrogen-bond donors (Lipinski definition) is 1. The van der Waals surface area contributed by atoms with Crippen molar-refractivity contribution in [1.82, 2.24) is 4.98 Å². The van der Waals surface area contributed by atoms with Crippen LogP contribution in [0.5, 0.6) is 0 Å². The molecule has 0 unspecified atom stereocenters. The zero-order valence-corrected chi connectivity index (χ0v) is 9.88. The summed E-state index contributed by atoms with van der Waals surface area (Å²) in [6.45, 7) is 0. The van der Waals surface area contributed by atoms with Gasteiger partial charge in [-0.3, -0.25) is 4.79 Å². The lowest BCUT2D eigenvalue weighted by atomic mass is 10.3. The summed E-state index contributed by atoms with van der Waals surface area (Å²) in [6.07, 6.45) is 2.04. The highest BCUT2D eigenvalue weighted by Crippen LogP contribution is 2.28. The molecule has 1 amide bonds. The normalized spacial score (nSPS) is 10.1. The summed E-state index contributed by atoms with van der Waals surface area (Å²) in [5, 5.41) is 2.40. The average molecular weight is 266 g/mol. The molecule has 0 spiro atoms. The van der Waals surface area contributed by atoms with E-state index in [1.165, 1.54) is 30.1 Å². The van der Waals surface area contributed by atoms with Crippen LogP contribution in [0.1, 0.15) is 0 Å². The van der Waals surface area contributed by atoms with Crippen LogP contribution < -0.4 is 5.32 Å². The highest BCUT2D eigenvalue weighted by Gasteiger charge is 2.03. The number of nitrogens with zero attached hydrogens (tertiary/aromatic N) is 1. The number of rotatable bonds is 4. The Labute approximate surface area is 106 Å². The molecule has 0 saturated carbocycles. The predicted octanol–water partition coefficient (Wildman–Crippen LogP) is 3.08. The van der Waals surface area contributed by atoms with Crippen LogP contribution in [0.15, 0.2) is 46.3 Å². The Balaban J connectivity index is 2.15. The maximum atomic E-state index is 13.0. The second-order valence-electron chi connectivity index (χ2n) is 3.35. The highest BCUT2D eigenvalue weighted by molar-refractivity contribution is 7.99. The van der Waals surface area contributed by atoms with Gasteiger partial charge < -0.3 is 5.32 Å². The van der Waals surface area contributed by atoms with Crippen LogP contribution in [0, 0.1) is 11.6 Å². The number of nitrogens with one attached hydrogen (secondary N) is 1. The van der Waals surface area contributed by atoms with Gasteiger partial charge in [-0.05, 0) is 24.3 Å². The number of amides is 1. The first kappa shape index (κ1) is 12.5. The van der Waals surface area contributed by atoms with E-state index in [-0.39, 0.29) is 0 Å². The Hall–Kier alpha value is -1.95. The van der Waals surface area contributed by atoms with Crippen molar-refractivity contribution in [2.45, 2.75) is 9.79 Å². The van der Waals surface area contributed by atoms with Crippen LogP contribution in [0.4, 0.5) is 14.6 Å². The van der Waals surface area contributed by atoms with E-state index >= 15 is 0 Å². The van der Waals surface area contributed by atoms with Gasteiger partial charge in [-0.25, -0.2) is 13.8 Å². The number of anilines is 1. The summed E-state index contributed by atoms with van der Waals surface area (Å²) in [5.41, 5.74) is 0. The van der Waals surface area contributed by atoms with Gasteiger partial charge in [-0.1, -0.05) is 11.8 Å². The third-order valence-corrected chi connectivity index (χ3v) is 2.96. The Bertz CT molecular complexity index is 540. The SMILES string of the molecule is O=CNc1ccc(Sc2cc(F)cc(F)c2)cn1. The van der Waals surface area contributed by atoms with Crippen molar-refractivity contribution in [2.75, 3.05) is 5.32 Å². The molecule has 0 atom stereocenters. The largest absolute Gasteiger partial charge is 0.313 e. The fraction of sp³-hybridized carbons (Fsp3) is 0. The topological polar surface area (TPSA) is 42.0 Å². The molecule has 0 fully saturated rings. The van der Waals surface area contributed by atoms with Crippen molar-refractivity contribution < 1.29 is 13.6 Å². The minimum absolute atomic E-state index is 0.416. The Morgan fingerprint density at radius 1 is 1.11 bits per heavy atom. The van der Waals surface area contributed by atoms with Crippen LogP contribution in [0.25, 0.3) is 0 Å². The van der Waals surface area contributed by atoms with E-state index in [0.29, 0.717) is 17.1 Å². The molecule has 2 rings (SSSR count). The van der Waals surface area contributed by atoms with Gasteiger partial charge in [0.2, 0.25) is 6.41 Å². The van der Waals surface area contributed by atoms with E-state index in [2.05, 4.69) is 10.3 Å². The van der Waals surface area contributed by atoms with Crippen LogP contribution in [0.2, 0.25) is 0 Å². The fourth-order valence-corrected chi connectivity index (χ4v) is 2.17. The number of carbonyl (C=O) groups is 1. The Morgan fingerprint density at radius 2 is 1.83 bits per heavy atom. The molecule has 0 bridgehead atoms. The van der Waals surface area contributed by atoms with Crippen LogP contribution in [-0.2, 0) is 4.79 Å². The van der Waals surface area contributed by atoms with Crippen molar-refractivity contribution in [3.8, 4) is 0 Å². The van der Waals surface area contributed by atoms with Gasteiger partial charge in [-0.2, -0.15) is 0 Å². The Morgan fingerprint density at radius 3 is 2.39 bits per heavy atom. The monoisotopic (exact) mass is 266 g/mol. The van der Waals surface area contributed by atoms with Crippen molar-refractivity contribution in [3.63, 3.8) is 0 Å². The van der Waals surface area contributed by atoms with E-state index in [4.69, 9.17) is 0 Å². The summed E-state index contributed by atoms with van der Waals surface area (Å²) in [4.78, 5) is 15.3. The zero-order valence-electron chi connectivity index (χ0n) is 9.06. The summed E-state index contributed by atoms with van der Waals surface area (Å²) in [5.74, 6) is -0.825. The first-order chi connectivity index (χ1) is 8.67. The molecule has 1 N–H and O–H groups in total. The van der Waals surface area contributed by atoms with E-state index < -0.39 is 11.6 Å². The fourth-order valence-electron chi connectivity index (χ4n) is 1.31. The molecule has 1 aromatic heterocycles. The second-order valence-corrected chi connectivity index (χ2v) is 4.50. The molecule has 1 aromatic carbocycles. The lowest BCUT2D eigenvalue weighted by Crippen LogP contribution is -1.95. The molecular weight excluding hydrogens is 258 g/mol. The van der Waals surface area contributed by atoms with Crippen molar-refractivity contribution in [3.05, 3.63) is 48.2 Å². The summed E-state index contributed by atoms with van der Waals surface area (Å²) < 4.78 is 26.0. The van der Waals surface area contributed by atoms with E-state index in [0.717, 1.165) is 11.0 Å². The van der Waals surface area contributed by atoms with Gasteiger partial charge in [0.1, 0.15) is 17.5 Å². The highest BCUT2D eigenvalue weighted by atomic mass is 32.2. The molecule has 2 aromatic rings. The predicted molar refractivity (Wildman–Crippen MR) is 64.4 cm³/mol. The zero-order chi connectivity index (χ0) is 13.0. The molecule has 3 nitrogen and oxygen atoms in total. The van der Waals surface area contributed by atoms with E-state index in [1.54, 1.807) is 12.1 Å². The van der Waals surface area contributed by atoms with Crippen LogP contribution in [-0.4, -0.2) is 11.4 Å². The molecule has 0 aliphatic carbocycles. The van der Waals surface area contributed by atoms with Crippen molar-refractivity contribution in [2.24, 2.45) is 0 Å². The molecule has 6 heteroatoms. The molecular formula is C12H8F2N2OS. The molecule has 0 saturated heterocycles. The molecule has 18 heavy (non-hydrogen) atoms. The molecule has 0 aliphatic heterocycles. The lowest BCUT2D eigenvalue weighted by Gasteiger charge is -2.03. The lowest BCUT2D eigenvalue weighted by molar-refractivity contribution is -0.105. The molecule has 1 heterocycles. The minimum atomic E-state index is -0.621. The standard InChI is InChI=1S/C12H8F2N2OS/c13-8-3-9(14)5-11(4-8)18-10-1-2-12(15-6-10)16-7-17/h1-7H,(H,15,16,17). The number of carbonyl (C=O) groups excluding carboxylic acids is 1. The molecule has 0 aliphatic rings. The first-order valence-electron chi connectivity index (χ1n) is 4.97. The second kappa shape index (κ2) is 5.59. The summed E-state index contributed by atoms with van der Waals surface area (Å²) >= 11 is 1.18. The molecule has 0 radical (unpaired) electrons. The Kier molecular flexibility index (Phi) is 3.88. The maximum Gasteiger partial charge on any atom is 0.212 e. The van der Waals surface area contributed by atoms with Crippen molar-refractivity contribution in [1.29, 1.82) is 0 Å². The maximum absolute atomic E-state index is 13.0. The number of halogens is 2. The van der Waals surface area contributed by atoms with E-state index in [9.17, 15) is 13.6 Å². The number of hydrogen-bond acceptors (Lipinski definition) is 3. The summed E-state index contributed by atoms with van der Waals surface area (Å²) in [6, 6.07) is 6.61. The number of pyridine rings is 1. The van der Waals surface area contributed by atoms with Crippen molar-refractivity contribution >= 4 is 24.0 Å². The minimum Gasteiger partial charge on any atom is -0.313 e. The number of benzene rings is 1. The summed E-state index contributed by atoms with van der Waals surface area (Å²) in [7, 11) is 0. The quantitative estimate of drug-likeness (QED) is 0.865. The van der Waals surface area contributed by atoms with Gasteiger partial charge in [0, 0.05) is 22.1 Å². The average Bonchev–Trinajstić information content (AvgIpc) is 2.31. The first-order valence-corrected chi connectivity index (χ1v) is 5.79. The van der Waals surface area contributed by atoms with E-state index in [1.807, 2.05) is 0 Å². The van der Waals surface area contributed by atoms with Gasteiger partial charge in [0.25, 0.3) is 0 Å². The van der Waals surface area contributed by atoms with Gasteiger partial charge >= 0.3 is 0 Å². The van der Waals surface area contributed by atoms with Gasteiger partial charge in [0.15, 0.2) is 0 Å². The van der Waals surface area contributed by atoms with Crippen LogP contribution >= 0.6 is 11.8 Å². The molecule has 92 valence electrons. The number of aromatic nitrogens is 1. The smallest absolute Gasteiger partial charge is 0.212 e. The third-order valence-electron chi connectivity index (χ3n) is 2.01. The van der Waals surface area contributed by atoms with Gasteiger partial charge in [0.05, 0.1) is 0 Å².